The summed E-state index contributed by atoms with van der Waals surface area (Å²) in [5.41, 5.74) is 3.62. The standard InChI is InChI=1S/C31H29N5O2/c1-21-11-13-25(34-29(37)23-9-6-10-24(17-23)31(2,3)19-32)18-28(21)36-20-33-27-14-12-22(8-7-15-35(4)5)16-26(27)30(36)38/h6,9-14,16-18,20H,15H2,1-5H3,(H,34,37). The average molecular weight is 504 g/mol. The Morgan fingerprint density at radius 1 is 1.11 bits per heavy atom. The zero-order chi connectivity index (χ0) is 27.4. The Hall–Kier alpha value is -4.72. The minimum atomic E-state index is -0.713. The van der Waals surface area contributed by atoms with Gasteiger partial charge in [-0.2, -0.15) is 5.26 Å². The lowest BCUT2D eigenvalue weighted by molar-refractivity contribution is 0.102. The van der Waals surface area contributed by atoms with Crippen molar-refractivity contribution >= 4 is 22.5 Å². The van der Waals surface area contributed by atoms with Crippen molar-refractivity contribution in [2.45, 2.75) is 26.2 Å². The van der Waals surface area contributed by atoms with Crippen molar-refractivity contribution < 1.29 is 4.79 Å². The molecule has 190 valence electrons. The minimum absolute atomic E-state index is 0.218. The molecule has 0 aliphatic carbocycles. The molecule has 1 heterocycles. The molecule has 0 saturated carbocycles. The Bertz CT molecular complexity index is 1700. The summed E-state index contributed by atoms with van der Waals surface area (Å²) >= 11 is 0. The second-order valence-electron chi connectivity index (χ2n) is 9.96. The van der Waals surface area contributed by atoms with Crippen LogP contribution in [-0.4, -0.2) is 41.0 Å². The van der Waals surface area contributed by atoms with E-state index in [0.29, 0.717) is 34.4 Å². The molecule has 0 aliphatic rings. The van der Waals surface area contributed by atoms with Gasteiger partial charge in [0.1, 0.15) is 6.33 Å². The lowest BCUT2D eigenvalue weighted by Crippen LogP contribution is -2.20. The summed E-state index contributed by atoms with van der Waals surface area (Å²) in [6.45, 7) is 6.14. The smallest absolute Gasteiger partial charge is 0.265 e. The fourth-order valence-electron chi connectivity index (χ4n) is 3.93. The third-order valence-electron chi connectivity index (χ3n) is 6.24. The fourth-order valence-corrected chi connectivity index (χ4v) is 3.93. The topological polar surface area (TPSA) is 91.0 Å². The van der Waals surface area contributed by atoms with Crippen molar-refractivity contribution in [2.24, 2.45) is 0 Å². The van der Waals surface area contributed by atoms with Gasteiger partial charge in [-0.15, -0.1) is 0 Å². The van der Waals surface area contributed by atoms with Gasteiger partial charge in [0.2, 0.25) is 0 Å². The fraction of sp³-hybridized carbons (Fsp3) is 0.226. The predicted molar refractivity (Wildman–Crippen MR) is 151 cm³/mol. The second kappa shape index (κ2) is 10.7. The lowest BCUT2D eigenvalue weighted by Gasteiger charge is -2.17. The number of benzene rings is 3. The van der Waals surface area contributed by atoms with E-state index in [0.717, 1.165) is 16.7 Å². The summed E-state index contributed by atoms with van der Waals surface area (Å²) in [6, 6.07) is 20.1. The van der Waals surface area contributed by atoms with Gasteiger partial charge in [0.05, 0.1) is 34.6 Å². The Morgan fingerprint density at radius 3 is 2.63 bits per heavy atom. The SMILES string of the molecule is Cc1ccc(NC(=O)c2cccc(C(C)(C)C#N)c2)cc1-n1cnc2ccc(C#CCN(C)C)cc2c1=O. The van der Waals surface area contributed by atoms with Crippen LogP contribution in [0.3, 0.4) is 0 Å². The summed E-state index contributed by atoms with van der Waals surface area (Å²) in [5.74, 6) is 5.88. The number of nitrogens with one attached hydrogen (secondary N) is 1. The number of carbonyl (C=O) groups excluding carboxylic acids is 1. The van der Waals surface area contributed by atoms with Crippen molar-refractivity contribution in [3.63, 3.8) is 0 Å². The van der Waals surface area contributed by atoms with E-state index in [2.05, 4.69) is 28.2 Å². The van der Waals surface area contributed by atoms with Crippen LogP contribution in [0.2, 0.25) is 0 Å². The van der Waals surface area contributed by atoms with Crippen molar-refractivity contribution in [3.8, 4) is 23.6 Å². The number of aryl methyl sites for hydroxylation is 1. The molecular weight excluding hydrogens is 474 g/mol. The van der Waals surface area contributed by atoms with Crippen LogP contribution < -0.4 is 10.9 Å². The molecule has 1 aromatic heterocycles. The predicted octanol–water partition coefficient (Wildman–Crippen LogP) is 4.66. The Labute approximate surface area is 222 Å². The van der Waals surface area contributed by atoms with Crippen molar-refractivity contribution in [3.05, 3.63) is 99.6 Å². The first-order valence-corrected chi connectivity index (χ1v) is 12.2. The monoisotopic (exact) mass is 503 g/mol. The van der Waals surface area contributed by atoms with Crippen LogP contribution >= 0.6 is 0 Å². The van der Waals surface area contributed by atoms with Crippen LogP contribution in [0.4, 0.5) is 5.69 Å². The number of amides is 1. The summed E-state index contributed by atoms with van der Waals surface area (Å²) < 4.78 is 1.49. The Balaban J connectivity index is 1.67. The van der Waals surface area contributed by atoms with E-state index in [1.54, 1.807) is 42.5 Å². The van der Waals surface area contributed by atoms with Gasteiger partial charge in [0.15, 0.2) is 0 Å². The average Bonchev–Trinajstić information content (AvgIpc) is 2.90. The highest BCUT2D eigenvalue weighted by molar-refractivity contribution is 6.04. The van der Waals surface area contributed by atoms with Gasteiger partial charge < -0.3 is 5.32 Å². The first-order chi connectivity index (χ1) is 18.1. The number of nitrogens with zero attached hydrogens (tertiary/aromatic N) is 4. The van der Waals surface area contributed by atoms with Gasteiger partial charge in [-0.1, -0.05) is 30.0 Å². The number of hydrogen-bond donors (Lipinski definition) is 1. The summed E-state index contributed by atoms with van der Waals surface area (Å²) in [5, 5.41) is 12.8. The number of aromatic nitrogens is 2. The third kappa shape index (κ3) is 5.64. The molecule has 0 fully saturated rings. The molecule has 0 spiro atoms. The van der Waals surface area contributed by atoms with Gasteiger partial charge in [0.25, 0.3) is 11.5 Å². The van der Waals surface area contributed by atoms with Crippen LogP contribution in [-0.2, 0) is 5.41 Å². The van der Waals surface area contributed by atoms with Crippen LogP contribution in [0.1, 0.15) is 40.9 Å². The lowest BCUT2D eigenvalue weighted by atomic mass is 9.85. The van der Waals surface area contributed by atoms with Crippen molar-refractivity contribution in [1.29, 1.82) is 5.26 Å². The molecular formula is C31H29N5O2. The van der Waals surface area contributed by atoms with Crippen LogP contribution in [0.25, 0.3) is 16.6 Å². The first kappa shape index (κ1) is 26.3. The molecule has 4 rings (SSSR count). The molecule has 0 bridgehead atoms. The van der Waals surface area contributed by atoms with Gasteiger partial charge in [0, 0.05) is 16.8 Å². The van der Waals surface area contributed by atoms with E-state index in [1.165, 1.54) is 10.9 Å². The van der Waals surface area contributed by atoms with E-state index in [1.807, 2.05) is 58.0 Å². The molecule has 0 unspecified atom stereocenters. The summed E-state index contributed by atoms with van der Waals surface area (Å²) in [4.78, 5) is 33.0. The Kier molecular flexibility index (Phi) is 7.43. The highest BCUT2D eigenvalue weighted by Gasteiger charge is 2.21. The molecule has 0 radical (unpaired) electrons. The summed E-state index contributed by atoms with van der Waals surface area (Å²) in [6.07, 6.45) is 1.50. The molecule has 7 heteroatoms. The van der Waals surface area contributed by atoms with Gasteiger partial charge in [-0.25, -0.2) is 4.98 Å². The van der Waals surface area contributed by atoms with Crippen LogP contribution in [0.5, 0.6) is 0 Å². The van der Waals surface area contributed by atoms with Gasteiger partial charge in [-0.05, 0) is 88.5 Å². The number of rotatable bonds is 5. The molecule has 0 atom stereocenters. The number of nitriles is 1. The molecule has 38 heavy (non-hydrogen) atoms. The zero-order valence-electron chi connectivity index (χ0n) is 22.2. The normalized spacial score (nSPS) is 11.1. The van der Waals surface area contributed by atoms with E-state index in [4.69, 9.17) is 0 Å². The number of hydrogen-bond acceptors (Lipinski definition) is 5. The third-order valence-corrected chi connectivity index (χ3v) is 6.24. The molecule has 7 nitrogen and oxygen atoms in total. The maximum Gasteiger partial charge on any atom is 0.265 e. The Morgan fingerprint density at radius 2 is 1.89 bits per heavy atom. The molecule has 1 amide bonds. The van der Waals surface area contributed by atoms with Gasteiger partial charge >= 0.3 is 0 Å². The minimum Gasteiger partial charge on any atom is -0.322 e. The van der Waals surface area contributed by atoms with Crippen LogP contribution in [0, 0.1) is 30.1 Å². The number of anilines is 1. The maximum atomic E-state index is 13.5. The number of carbonyl (C=O) groups is 1. The molecule has 3 aromatic carbocycles. The van der Waals surface area contributed by atoms with Crippen molar-refractivity contribution in [2.75, 3.05) is 26.0 Å². The summed E-state index contributed by atoms with van der Waals surface area (Å²) in [7, 11) is 3.90. The highest BCUT2D eigenvalue weighted by Crippen LogP contribution is 2.24. The quantitative estimate of drug-likeness (QED) is 0.400. The second-order valence-corrected chi connectivity index (χ2v) is 9.96. The van der Waals surface area contributed by atoms with Gasteiger partial charge in [-0.3, -0.25) is 19.1 Å². The molecule has 0 saturated heterocycles. The first-order valence-electron chi connectivity index (χ1n) is 12.2. The maximum absolute atomic E-state index is 13.5. The van der Waals surface area contributed by atoms with E-state index >= 15 is 0 Å². The molecule has 4 aromatic rings. The number of fused-ring (bicyclic) bond motifs is 1. The molecule has 0 aliphatic heterocycles. The van der Waals surface area contributed by atoms with E-state index in [-0.39, 0.29) is 11.5 Å². The zero-order valence-corrected chi connectivity index (χ0v) is 22.2. The van der Waals surface area contributed by atoms with Crippen LogP contribution in [0.15, 0.2) is 71.8 Å². The highest BCUT2D eigenvalue weighted by atomic mass is 16.1. The largest absolute Gasteiger partial charge is 0.322 e. The van der Waals surface area contributed by atoms with E-state index in [9.17, 15) is 14.9 Å². The van der Waals surface area contributed by atoms with Crippen molar-refractivity contribution in [1.82, 2.24) is 14.5 Å². The molecule has 1 N–H and O–H groups in total. The van der Waals surface area contributed by atoms with E-state index < -0.39 is 5.41 Å².